The summed E-state index contributed by atoms with van der Waals surface area (Å²) in [4.78, 5) is 6.79. The Balaban J connectivity index is 1.43. The third kappa shape index (κ3) is 3.52. The predicted octanol–water partition coefficient (Wildman–Crippen LogP) is 1.38. The lowest BCUT2D eigenvalue weighted by Crippen LogP contribution is -2.35. The van der Waals surface area contributed by atoms with Gasteiger partial charge in [-0.05, 0) is 25.5 Å². The molecule has 0 radical (unpaired) electrons. The summed E-state index contributed by atoms with van der Waals surface area (Å²) in [5.74, 6) is 3.79. The zero-order valence-corrected chi connectivity index (χ0v) is 15.2. The molecule has 0 spiro atoms. The van der Waals surface area contributed by atoms with Crippen LogP contribution in [0.4, 0.5) is 0 Å². The molecule has 0 saturated carbocycles. The fourth-order valence-corrected chi connectivity index (χ4v) is 3.51. The van der Waals surface area contributed by atoms with Gasteiger partial charge in [0.25, 0.3) is 0 Å². The SMILES string of the molecule is CCc1noc(CN2CCCC(c3nnc(Cn4cccn4)n3C)C2)n1. The van der Waals surface area contributed by atoms with Gasteiger partial charge in [0.2, 0.25) is 5.89 Å². The maximum atomic E-state index is 5.34. The lowest BCUT2D eigenvalue weighted by atomic mass is 9.97. The van der Waals surface area contributed by atoms with Crippen LogP contribution < -0.4 is 0 Å². The van der Waals surface area contributed by atoms with E-state index in [4.69, 9.17) is 4.52 Å². The van der Waals surface area contributed by atoms with Gasteiger partial charge in [0.15, 0.2) is 11.6 Å². The maximum Gasteiger partial charge on any atom is 0.240 e. The van der Waals surface area contributed by atoms with Gasteiger partial charge in [0.1, 0.15) is 12.4 Å². The maximum absolute atomic E-state index is 5.34. The van der Waals surface area contributed by atoms with E-state index in [0.717, 1.165) is 49.8 Å². The Hall–Kier alpha value is -2.55. The van der Waals surface area contributed by atoms with E-state index in [2.05, 4.69) is 34.9 Å². The van der Waals surface area contributed by atoms with E-state index in [-0.39, 0.29) is 0 Å². The first-order valence-electron chi connectivity index (χ1n) is 9.12. The van der Waals surface area contributed by atoms with Crippen LogP contribution in [0.2, 0.25) is 0 Å². The highest BCUT2D eigenvalue weighted by Crippen LogP contribution is 2.26. The molecule has 0 N–H and O–H groups in total. The lowest BCUT2D eigenvalue weighted by Gasteiger charge is -2.31. The summed E-state index contributed by atoms with van der Waals surface area (Å²) in [5, 5.41) is 17.1. The smallest absolute Gasteiger partial charge is 0.240 e. The van der Waals surface area contributed by atoms with Crippen molar-refractivity contribution >= 4 is 0 Å². The van der Waals surface area contributed by atoms with Crippen molar-refractivity contribution in [3.8, 4) is 0 Å². The molecule has 0 amide bonds. The minimum absolute atomic E-state index is 0.362. The van der Waals surface area contributed by atoms with E-state index in [1.165, 1.54) is 0 Å². The minimum Gasteiger partial charge on any atom is -0.338 e. The van der Waals surface area contributed by atoms with Crippen LogP contribution in [0.15, 0.2) is 23.0 Å². The molecule has 1 fully saturated rings. The van der Waals surface area contributed by atoms with Gasteiger partial charge in [-0.2, -0.15) is 10.1 Å². The van der Waals surface area contributed by atoms with Crippen molar-refractivity contribution in [2.45, 2.75) is 45.2 Å². The summed E-state index contributed by atoms with van der Waals surface area (Å²) in [6.07, 6.45) is 6.75. The van der Waals surface area contributed by atoms with E-state index in [1.54, 1.807) is 6.20 Å². The largest absolute Gasteiger partial charge is 0.338 e. The normalized spacial score (nSPS) is 18.5. The van der Waals surface area contributed by atoms with Crippen LogP contribution in [0.25, 0.3) is 0 Å². The first kappa shape index (κ1) is 16.9. The summed E-state index contributed by atoms with van der Waals surface area (Å²) in [5.41, 5.74) is 0. The fraction of sp³-hybridized carbons (Fsp3) is 0.588. The number of hydrogen-bond acceptors (Lipinski definition) is 7. The van der Waals surface area contributed by atoms with Crippen molar-refractivity contribution in [1.82, 2.24) is 39.6 Å². The highest BCUT2D eigenvalue weighted by molar-refractivity contribution is 5.04. The molecule has 26 heavy (non-hydrogen) atoms. The number of aryl methyl sites for hydroxylation is 1. The zero-order valence-electron chi connectivity index (χ0n) is 15.2. The summed E-state index contributed by atoms with van der Waals surface area (Å²) in [7, 11) is 2.04. The van der Waals surface area contributed by atoms with E-state index in [9.17, 15) is 0 Å². The second kappa shape index (κ2) is 7.36. The zero-order chi connectivity index (χ0) is 17.9. The van der Waals surface area contributed by atoms with Crippen LogP contribution in [0.5, 0.6) is 0 Å². The highest BCUT2D eigenvalue weighted by Gasteiger charge is 2.27. The van der Waals surface area contributed by atoms with Crippen molar-refractivity contribution in [2.75, 3.05) is 13.1 Å². The molecule has 3 aromatic heterocycles. The van der Waals surface area contributed by atoms with Gasteiger partial charge in [-0.15, -0.1) is 10.2 Å². The Morgan fingerprint density at radius 1 is 1.27 bits per heavy atom. The highest BCUT2D eigenvalue weighted by atomic mass is 16.5. The summed E-state index contributed by atoms with van der Waals surface area (Å²) >= 11 is 0. The molecule has 138 valence electrons. The van der Waals surface area contributed by atoms with Crippen LogP contribution >= 0.6 is 0 Å². The number of aromatic nitrogens is 7. The monoisotopic (exact) mass is 356 g/mol. The molecule has 1 unspecified atom stereocenters. The van der Waals surface area contributed by atoms with Crippen molar-refractivity contribution in [1.29, 1.82) is 0 Å². The van der Waals surface area contributed by atoms with Crippen molar-refractivity contribution in [2.24, 2.45) is 7.05 Å². The second-order valence-electron chi connectivity index (χ2n) is 6.77. The van der Waals surface area contributed by atoms with Crippen molar-refractivity contribution < 1.29 is 4.52 Å². The number of nitrogens with zero attached hydrogens (tertiary/aromatic N) is 8. The second-order valence-corrected chi connectivity index (χ2v) is 6.77. The number of likely N-dealkylation sites (tertiary alicyclic amines) is 1. The molecule has 0 aliphatic carbocycles. The summed E-state index contributed by atoms with van der Waals surface area (Å²) < 4.78 is 9.31. The van der Waals surface area contributed by atoms with Crippen LogP contribution in [-0.4, -0.2) is 52.7 Å². The lowest BCUT2D eigenvalue weighted by molar-refractivity contribution is 0.173. The van der Waals surface area contributed by atoms with Crippen LogP contribution in [0.3, 0.4) is 0 Å². The molecular formula is C17H24N8O. The Kier molecular flexibility index (Phi) is 4.79. The van der Waals surface area contributed by atoms with Gasteiger partial charge < -0.3 is 9.09 Å². The van der Waals surface area contributed by atoms with Crippen molar-refractivity contribution in [3.05, 3.63) is 41.8 Å². The fourth-order valence-electron chi connectivity index (χ4n) is 3.51. The third-order valence-corrected chi connectivity index (χ3v) is 4.92. The average molecular weight is 356 g/mol. The molecule has 9 nitrogen and oxygen atoms in total. The van der Waals surface area contributed by atoms with Gasteiger partial charge in [0.05, 0.1) is 6.54 Å². The quantitative estimate of drug-likeness (QED) is 0.659. The van der Waals surface area contributed by atoms with Crippen LogP contribution in [-0.2, 0) is 26.6 Å². The Morgan fingerprint density at radius 2 is 2.19 bits per heavy atom. The number of piperidine rings is 1. The number of rotatable bonds is 6. The topological polar surface area (TPSA) is 90.7 Å². The molecule has 0 bridgehead atoms. The van der Waals surface area contributed by atoms with Crippen LogP contribution in [0, 0.1) is 0 Å². The van der Waals surface area contributed by atoms with Crippen LogP contribution in [0.1, 0.15) is 49.0 Å². The first-order valence-corrected chi connectivity index (χ1v) is 9.12. The molecule has 1 aliphatic heterocycles. The van der Waals surface area contributed by atoms with E-state index in [1.807, 2.05) is 30.9 Å². The molecular weight excluding hydrogens is 332 g/mol. The van der Waals surface area contributed by atoms with Gasteiger partial charge in [0, 0.05) is 38.3 Å². The molecule has 4 rings (SSSR count). The predicted molar refractivity (Wildman–Crippen MR) is 93.3 cm³/mol. The summed E-state index contributed by atoms with van der Waals surface area (Å²) in [6.45, 7) is 5.33. The molecule has 4 heterocycles. The Bertz CT molecular complexity index is 837. The molecule has 1 saturated heterocycles. The third-order valence-electron chi connectivity index (χ3n) is 4.92. The molecule has 0 aromatic carbocycles. The van der Waals surface area contributed by atoms with Gasteiger partial charge in [-0.25, -0.2) is 0 Å². The standard InChI is InChI=1S/C17H24N8O/c1-3-14-19-16(26-22-14)12-24-8-4-6-13(10-24)17-21-20-15(23(17)2)11-25-9-5-7-18-25/h5,7,9,13H,3-4,6,8,10-12H2,1-2H3. The van der Waals surface area contributed by atoms with Gasteiger partial charge in [-0.3, -0.25) is 9.58 Å². The molecule has 1 aliphatic rings. The van der Waals surface area contributed by atoms with Gasteiger partial charge in [-0.1, -0.05) is 12.1 Å². The molecule has 1 atom stereocenters. The molecule has 3 aromatic rings. The van der Waals surface area contributed by atoms with Gasteiger partial charge >= 0.3 is 0 Å². The Labute approximate surface area is 152 Å². The molecule has 9 heteroatoms. The minimum atomic E-state index is 0.362. The number of hydrogen-bond donors (Lipinski definition) is 0. The van der Waals surface area contributed by atoms with E-state index in [0.29, 0.717) is 24.9 Å². The average Bonchev–Trinajstić information content (AvgIpc) is 3.39. The summed E-state index contributed by atoms with van der Waals surface area (Å²) in [6, 6.07) is 1.91. The van der Waals surface area contributed by atoms with E-state index < -0.39 is 0 Å². The first-order chi connectivity index (χ1) is 12.7. The van der Waals surface area contributed by atoms with Crippen molar-refractivity contribution in [3.63, 3.8) is 0 Å². The van der Waals surface area contributed by atoms with E-state index >= 15 is 0 Å². The Morgan fingerprint density at radius 3 is 2.96 bits per heavy atom.